The Kier molecular flexibility index (Phi) is 12.8. The minimum absolute atomic E-state index is 0.435. The minimum atomic E-state index is -1.69. The van der Waals surface area contributed by atoms with Crippen molar-refractivity contribution in [2.24, 2.45) is 0 Å². The Hall–Kier alpha value is 1.74. The molecule has 2 rings (SSSR count). The third-order valence-electron chi connectivity index (χ3n) is 15.2. The molecular formula is C36H84Si8-2. The van der Waals surface area contributed by atoms with Crippen molar-refractivity contribution >= 4 is 57.4 Å². The van der Waals surface area contributed by atoms with Crippen molar-refractivity contribution in [3.8, 4) is 0 Å². The lowest BCUT2D eigenvalue weighted by molar-refractivity contribution is 0.866. The van der Waals surface area contributed by atoms with Gasteiger partial charge in [0.15, 0.2) is 0 Å². The maximum absolute atomic E-state index is 2.95. The van der Waals surface area contributed by atoms with Crippen LogP contribution in [0, 0.1) is 0 Å². The summed E-state index contributed by atoms with van der Waals surface area (Å²) in [6.45, 7) is 65.4. The van der Waals surface area contributed by atoms with E-state index in [4.69, 9.17) is 0 Å². The second-order valence-electron chi connectivity index (χ2n) is 19.8. The molecule has 2 saturated heterocycles. The van der Waals surface area contributed by atoms with Crippen LogP contribution in [-0.2, 0) is 0 Å². The average Bonchev–Trinajstić information content (AvgIpc) is 2.77. The maximum atomic E-state index is 2.95. The Balaban J connectivity index is 3.68. The molecule has 0 aromatic heterocycles. The van der Waals surface area contributed by atoms with E-state index in [1.165, 1.54) is 0 Å². The van der Waals surface area contributed by atoms with Gasteiger partial charge in [-0.2, -0.15) is 11.1 Å². The van der Waals surface area contributed by atoms with Crippen LogP contribution >= 0.6 is 0 Å². The van der Waals surface area contributed by atoms with Crippen molar-refractivity contribution in [1.82, 2.24) is 0 Å². The molecule has 0 nitrogen and oxygen atoms in total. The summed E-state index contributed by atoms with van der Waals surface area (Å²) in [5.41, 5.74) is 11.9. The normalized spacial score (nSPS) is 28.9. The van der Waals surface area contributed by atoms with Crippen LogP contribution in [0.4, 0.5) is 0 Å². The van der Waals surface area contributed by atoms with E-state index in [-0.39, 0.29) is 0 Å². The largest absolute Gasteiger partial charge is 0.259 e. The minimum Gasteiger partial charge on any atom is -0.259 e. The first-order valence-electron chi connectivity index (χ1n) is 19.6. The van der Waals surface area contributed by atoms with Crippen LogP contribution in [-0.4, -0.2) is 57.4 Å². The summed E-state index contributed by atoms with van der Waals surface area (Å²) < 4.78 is 0. The maximum Gasteiger partial charge on any atom is -0.0196 e. The van der Waals surface area contributed by atoms with Gasteiger partial charge in [-0.05, 0) is 14.2 Å². The van der Waals surface area contributed by atoms with Gasteiger partial charge in [0.1, 0.15) is 0 Å². The zero-order chi connectivity index (χ0) is 35.1. The van der Waals surface area contributed by atoms with Crippen molar-refractivity contribution in [2.75, 3.05) is 0 Å². The standard InChI is InChI=1S/C36H84Si8/c1-25(2)37-39(27(5)6,28(7)8)41(31(13)14,32(15)16)43(37,35(21)22)44(36(23)24)38(26(3)4)40(29(9)10,30(11)12)42(44,33(17)18)34(19)20/h25-36H,1-24H3/q-2/t43-,44+. The van der Waals surface area contributed by atoms with Crippen LogP contribution in [0.3, 0.4) is 0 Å². The fourth-order valence-electron chi connectivity index (χ4n) is 17.1. The highest BCUT2D eigenvalue weighted by atomic mass is 30.5. The monoisotopic (exact) mass is 740 g/mol. The topological polar surface area (TPSA) is 0 Å². The van der Waals surface area contributed by atoms with Crippen LogP contribution in [0.15, 0.2) is 0 Å². The summed E-state index contributed by atoms with van der Waals surface area (Å²) in [6, 6.07) is 0. The van der Waals surface area contributed by atoms with E-state index in [2.05, 4.69) is 166 Å². The van der Waals surface area contributed by atoms with Crippen LogP contribution in [0.1, 0.15) is 166 Å². The molecule has 44 heavy (non-hydrogen) atoms. The summed E-state index contributed by atoms with van der Waals surface area (Å²) in [5, 5.41) is 0. The molecule has 0 bridgehead atoms. The second kappa shape index (κ2) is 13.5. The lowest BCUT2D eigenvalue weighted by atomic mass is 10.5. The zero-order valence-corrected chi connectivity index (χ0v) is 42.9. The van der Waals surface area contributed by atoms with Crippen LogP contribution < -0.4 is 0 Å². The summed E-state index contributed by atoms with van der Waals surface area (Å²) in [4.78, 5) is 0. The smallest absolute Gasteiger partial charge is 0.0196 e. The Bertz CT molecular complexity index is 869. The Morgan fingerprint density at radius 1 is 0.250 bits per heavy atom. The van der Waals surface area contributed by atoms with Gasteiger partial charge in [0, 0.05) is 0 Å². The molecule has 2 heterocycles. The van der Waals surface area contributed by atoms with Crippen LogP contribution in [0.2, 0.25) is 66.5 Å². The van der Waals surface area contributed by atoms with Crippen LogP contribution in [0.5, 0.6) is 0 Å². The van der Waals surface area contributed by atoms with Crippen LogP contribution in [0.25, 0.3) is 0 Å². The molecule has 0 saturated carbocycles. The van der Waals surface area contributed by atoms with Gasteiger partial charge in [0.05, 0.1) is 0 Å². The Labute approximate surface area is 288 Å². The lowest BCUT2D eigenvalue weighted by Crippen LogP contribution is -3.21. The molecule has 2 fully saturated rings. The first-order chi connectivity index (χ1) is 19.8. The highest BCUT2D eigenvalue weighted by Gasteiger charge is 2.87. The number of hydrogen-bond acceptors (Lipinski definition) is 0. The predicted octanol–water partition coefficient (Wildman–Crippen LogP) is 13.3. The van der Waals surface area contributed by atoms with Gasteiger partial charge < -0.3 is 0 Å². The van der Waals surface area contributed by atoms with Gasteiger partial charge in [0.25, 0.3) is 0 Å². The van der Waals surface area contributed by atoms with Crippen molar-refractivity contribution < 1.29 is 0 Å². The first-order valence-corrected chi connectivity index (χ1v) is 44.5. The van der Waals surface area contributed by atoms with Gasteiger partial charge in [-0.25, -0.2) is 0 Å². The van der Waals surface area contributed by atoms with E-state index in [9.17, 15) is 0 Å². The van der Waals surface area contributed by atoms with Crippen molar-refractivity contribution in [2.45, 2.75) is 233 Å². The fourth-order valence-corrected chi connectivity index (χ4v) is 464. The molecule has 0 N–H and O–H groups in total. The summed E-state index contributed by atoms with van der Waals surface area (Å²) in [7, 11) is -7.29. The zero-order valence-electron chi connectivity index (χ0n) is 34.9. The van der Waals surface area contributed by atoms with Gasteiger partial charge in [-0.15, -0.1) is 13.3 Å². The third-order valence-corrected chi connectivity index (χ3v) is 237. The molecule has 0 aliphatic carbocycles. The molecule has 0 spiro atoms. The van der Waals surface area contributed by atoms with Gasteiger partial charge >= 0.3 is 0 Å². The van der Waals surface area contributed by atoms with E-state index in [1.54, 1.807) is 0 Å². The molecule has 0 aromatic carbocycles. The van der Waals surface area contributed by atoms with E-state index in [0.717, 1.165) is 66.5 Å². The van der Waals surface area contributed by atoms with E-state index < -0.39 is 57.4 Å². The van der Waals surface area contributed by atoms with Crippen molar-refractivity contribution in [1.29, 1.82) is 0 Å². The van der Waals surface area contributed by atoms with Crippen molar-refractivity contribution in [3.05, 3.63) is 0 Å². The quantitative estimate of drug-likeness (QED) is 0.165. The summed E-state index contributed by atoms with van der Waals surface area (Å²) in [6.07, 6.45) is 0. The van der Waals surface area contributed by atoms with E-state index in [1.807, 2.05) is 0 Å². The van der Waals surface area contributed by atoms with Gasteiger partial charge in [0.2, 0.25) is 0 Å². The molecule has 2 aliphatic heterocycles. The SMILES string of the molecule is CC(C)[Si-]1[Si](C(C)C)(C(C)C)[Si](C(C)C)(C(C)C)[Si@@]1(C(C)C)[Si@]1(C(C)C)[Si-](C(C)C)[Si](C(C)C)(C(C)C)[Si]1(C(C)C)C(C)C. The molecule has 262 valence electrons. The van der Waals surface area contributed by atoms with Crippen molar-refractivity contribution in [3.63, 3.8) is 0 Å². The van der Waals surface area contributed by atoms with Gasteiger partial charge in [-0.1, -0.05) is 236 Å². The molecule has 0 aromatic rings. The third kappa shape index (κ3) is 4.15. The predicted molar refractivity (Wildman–Crippen MR) is 227 cm³/mol. The highest BCUT2D eigenvalue weighted by molar-refractivity contribution is 8.36. The first kappa shape index (κ1) is 41.9. The number of hydrogen-bond donors (Lipinski definition) is 0. The molecular weight excluding hydrogens is 657 g/mol. The molecule has 0 unspecified atom stereocenters. The second-order valence-corrected chi connectivity index (χ2v) is 104. The molecule has 2 aliphatic rings. The summed E-state index contributed by atoms with van der Waals surface area (Å²) in [5.74, 6) is 0. The highest BCUT2D eigenvalue weighted by Crippen LogP contribution is 2.78. The molecule has 2 atom stereocenters. The van der Waals surface area contributed by atoms with E-state index in [0.29, 0.717) is 0 Å². The fraction of sp³-hybridized carbons (Fsp3) is 1.00. The summed E-state index contributed by atoms with van der Waals surface area (Å²) >= 11 is 0. The number of rotatable bonds is 13. The Morgan fingerprint density at radius 3 is 0.523 bits per heavy atom. The molecule has 8 heteroatoms. The average molecular weight is 742 g/mol. The lowest BCUT2D eigenvalue weighted by Gasteiger charge is -3.07. The Morgan fingerprint density at radius 2 is 0.432 bits per heavy atom. The van der Waals surface area contributed by atoms with Gasteiger partial charge in [-0.3, -0.25) is 15.7 Å². The molecule has 0 amide bonds. The van der Waals surface area contributed by atoms with E-state index >= 15 is 0 Å². The molecule has 0 radical (unpaired) electrons.